The molecular weight excluding hydrogens is 486 g/mol. The van der Waals surface area contributed by atoms with Crippen molar-refractivity contribution in [3.8, 4) is 5.75 Å². The molecule has 0 bridgehead atoms. The fourth-order valence-corrected chi connectivity index (χ4v) is 5.63. The molecule has 1 aliphatic carbocycles. The topological polar surface area (TPSA) is 65.0 Å². The maximum absolute atomic E-state index is 13.6. The number of rotatable bonds is 8. The van der Waals surface area contributed by atoms with Crippen molar-refractivity contribution in [2.24, 2.45) is 16.3 Å². The van der Waals surface area contributed by atoms with E-state index in [4.69, 9.17) is 14.5 Å². The Morgan fingerprint density at radius 3 is 2.21 bits per heavy atom. The van der Waals surface area contributed by atoms with Gasteiger partial charge < -0.3 is 9.47 Å². The van der Waals surface area contributed by atoms with E-state index in [1.165, 1.54) is 0 Å². The quantitative estimate of drug-likeness (QED) is 0.304. The summed E-state index contributed by atoms with van der Waals surface area (Å²) >= 11 is 0. The highest BCUT2D eigenvalue weighted by molar-refractivity contribution is 6.09. The molecule has 0 saturated heterocycles. The van der Waals surface area contributed by atoms with Crippen molar-refractivity contribution in [1.82, 2.24) is 0 Å². The summed E-state index contributed by atoms with van der Waals surface area (Å²) < 4.78 is 11.8. The van der Waals surface area contributed by atoms with Crippen LogP contribution in [0.1, 0.15) is 56.2 Å². The van der Waals surface area contributed by atoms with E-state index in [1.807, 2.05) is 91.9 Å². The second-order valence-corrected chi connectivity index (χ2v) is 11.3. The normalized spacial score (nSPS) is 20.2. The number of ketones is 1. The van der Waals surface area contributed by atoms with Crippen molar-refractivity contribution in [3.05, 3.63) is 113 Å². The molecule has 0 N–H and O–H groups in total. The van der Waals surface area contributed by atoms with Crippen LogP contribution in [-0.2, 0) is 27.4 Å². The molecule has 200 valence electrons. The zero-order valence-corrected chi connectivity index (χ0v) is 22.9. The Morgan fingerprint density at radius 1 is 0.897 bits per heavy atom. The first-order valence-electron chi connectivity index (χ1n) is 13.6. The molecular formula is C34H35NO4. The molecule has 0 spiro atoms. The lowest BCUT2D eigenvalue weighted by Gasteiger charge is -2.39. The monoisotopic (exact) mass is 521 g/mol. The van der Waals surface area contributed by atoms with Crippen LogP contribution < -0.4 is 4.74 Å². The van der Waals surface area contributed by atoms with Gasteiger partial charge in [-0.25, -0.2) is 0 Å². The molecule has 0 amide bonds. The van der Waals surface area contributed by atoms with Gasteiger partial charge in [0.15, 0.2) is 5.78 Å². The maximum atomic E-state index is 13.6. The Hall–Kier alpha value is -3.99. The first-order valence-corrected chi connectivity index (χ1v) is 13.6. The van der Waals surface area contributed by atoms with E-state index in [0.29, 0.717) is 37.2 Å². The van der Waals surface area contributed by atoms with Gasteiger partial charge in [0.1, 0.15) is 18.3 Å². The van der Waals surface area contributed by atoms with Gasteiger partial charge in [0.2, 0.25) is 0 Å². The summed E-state index contributed by atoms with van der Waals surface area (Å²) in [6.45, 7) is 6.81. The van der Waals surface area contributed by atoms with Crippen molar-refractivity contribution in [2.75, 3.05) is 6.61 Å². The summed E-state index contributed by atoms with van der Waals surface area (Å²) in [7, 11) is 0. The third-order valence-corrected chi connectivity index (χ3v) is 7.52. The molecule has 1 heterocycles. The Bertz CT molecular complexity index is 1390. The standard InChI is InChI=1S/C34H35NO4/c1-23-30(33(37)38-19-18-24-10-6-4-7-11-24)31(32-28(35-23)20-34(2,3)21-29(32)36)26-14-16-27(17-15-26)39-22-25-12-8-5-9-13-25/h4-17,30-31H,18-22H2,1-3H3/t30?,31-/m1/s1. The summed E-state index contributed by atoms with van der Waals surface area (Å²) in [5.41, 5.74) is 5.07. The number of allylic oxidation sites excluding steroid dienone is 2. The molecule has 5 nitrogen and oxygen atoms in total. The first kappa shape index (κ1) is 26.6. The van der Waals surface area contributed by atoms with Gasteiger partial charge in [-0.3, -0.25) is 14.6 Å². The van der Waals surface area contributed by atoms with Crippen LogP contribution in [0.5, 0.6) is 5.75 Å². The molecule has 3 aromatic carbocycles. The average Bonchev–Trinajstić information content (AvgIpc) is 2.92. The Kier molecular flexibility index (Phi) is 7.78. The van der Waals surface area contributed by atoms with Crippen LogP contribution in [-0.4, -0.2) is 24.1 Å². The van der Waals surface area contributed by atoms with E-state index >= 15 is 0 Å². The van der Waals surface area contributed by atoms with Crippen LogP contribution in [0.2, 0.25) is 0 Å². The van der Waals surface area contributed by atoms with Crippen molar-refractivity contribution in [3.63, 3.8) is 0 Å². The van der Waals surface area contributed by atoms with Crippen LogP contribution in [0.25, 0.3) is 0 Å². The second kappa shape index (κ2) is 11.4. The van der Waals surface area contributed by atoms with Crippen LogP contribution in [0.4, 0.5) is 0 Å². The van der Waals surface area contributed by atoms with Crippen molar-refractivity contribution in [1.29, 1.82) is 0 Å². The van der Waals surface area contributed by atoms with Gasteiger partial charge in [-0.2, -0.15) is 0 Å². The van der Waals surface area contributed by atoms with E-state index in [2.05, 4.69) is 13.8 Å². The summed E-state index contributed by atoms with van der Waals surface area (Å²) in [5, 5.41) is 0. The molecule has 1 aliphatic heterocycles. The number of aliphatic imine (C=N–C) groups is 1. The molecule has 2 atom stereocenters. The zero-order valence-electron chi connectivity index (χ0n) is 22.9. The smallest absolute Gasteiger partial charge is 0.315 e. The molecule has 0 aromatic heterocycles. The van der Waals surface area contributed by atoms with Gasteiger partial charge >= 0.3 is 5.97 Å². The number of hydrogen-bond donors (Lipinski definition) is 0. The average molecular weight is 522 g/mol. The lowest BCUT2D eigenvalue weighted by atomic mass is 9.67. The SMILES string of the molecule is CC1=NC2=C(C(=O)CC(C)(C)C2)[C@H](c2ccc(OCc3ccccc3)cc2)C1C(=O)OCCc1ccccc1. The number of nitrogens with zero attached hydrogens (tertiary/aromatic N) is 1. The van der Waals surface area contributed by atoms with Gasteiger partial charge in [0, 0.05) is 35.7 Å². The van der Waals surface area contributed by atoms with Crippen molar-refractivity contribution >= 4 is 17.5 Å². The fourth-order valence-electron chi connectivity index (χ4n) is 5.63. The molecule has 2 aliphatic rings. The minimum absolute atomic E-state index is 0.0639. The Balaban J connectivity index is 1.40. The molecule has 39 heavy (non-hydrogen) atoms. The van der Waals surface area contributed by atoms with Gasteiger partial charge in [-0.05, 0) is 47.6 Å². The fraction of sp³-hybridized carbons (Fsp3) is 0.324. The number of carbonyl (C=O) groups excluding carboxylic acids is 2. The van der Waals surface area contributed by atoms with E-state index in [-0.39, 0.29) is 23.8 Å². The highest BCUT2D eigenvalue weighted by atomic mass is 16.5. The van der Waals surface area contributed by atoms with E-state index < -0.39 is 11.8 Å². The summed E-state index contributed by atoms with van der Waals surface area (Å²) in [6.07, 6.45) is 1.77. The number of ether oxygens (including phenoxy) is 2. The van der Waals surface area contributed by atoms with Crippen LogP contribution >= 0.6 is 0 Å². The van der Waals surface area contributed by atoms with Gasteiger partial charge in [0.05, 0.1) is 6.61 Å². The number of esters is 1. The molecule has 0 saturated carbocycles. The number of Topliss-reactive ketones (excluding diaryl/α,β-unsaturated/α-hetero) is 1. The van der Waals surface area contributed by atoms with Crippen LogP contribution in [0, 0.1) is 11.3 Å². The predicted molar refractivity (Wildman–Crippen MR) is 153 cm³/mol. The minimum atomic E-state index is -0.652. The van der Waals surface area contributed by atoms with Gasteiger partial charge in [-0.1, -0.05) is 86.6 Å². The van der Waals surface area contributed by atoms with Gasteiger partial charge in [0.25, 0.3) is 0 Å². The van der Waals surface area contributed by atoms with E-state index in [1.54, 1.807) is 0 Å². The van der Waals surface area contributed by atoms with Gasteiger partial charge in [-0.15, -0.1) is 0 Å². The Morgan fingerprint density at radius 2 is 1.54 bits per heavy atom. The summed E-state index contributed by atoms with van der Waals surface area (Å²) in [6, 6.07) is 27.7. The number of carbonyl (C=O) groups is 2. The lowest BCUT2D eigenvalue weighted by Crippen LogP contribution is -2.39. The molecule has 5 heteroatoms. The van der Waals surface area contributed by atoms with Crippen LogP contribution in [0.3, 0.4) is 0 Å². The first-order chi connectivity index (χ1) is 18.8. The molecule has 0 radical (unpaired) electrons. The van der Waals surface area contributed by atoms with Crippen molar-refractivity contribution < 1.29 is 19.1 Å². The predicted octanol–water partition coefficient (Wildman–Crippen LogP) is 6.87. The van der Waals surface area contributed by atoms with E-state index in [9.17, 15) is 9.59 Å². The highest BCUT2D eigenvalue weighted by Crippen LogP contribution is 2.48. The molecule has 3 aromatic rings. The molecule has 5 rings (SSSR count). The third-order valence-electron chi connectivity index (χ3n) is 7.52. The third kappa shape index (κ3) is 6.19. The van der Waals surface area contributed by atoms with Crippen LogP contribution in [0.15, 0.2) is 101 Å². The second-order valence-electron chi connectivity index (χ2n) is 11.3. The maximum Gasteiger partial charge on any atom is 0.315 e. The summed E-state index contributed by atoms with van der Waals surface area (Å²) in [4.78, 5) is 31.9. The number of benzene rings is 3. The minimum Gasteiger partial charge on any atom is -0.489 e. The molecule has 1 unspecified atom stereocenters. The Labute approximate surface area is 230 Å². The van der Waals surface area contributed by atoms with E-state index in [0.717, 1.165) is 28.1 Å². The zero-order chi connectivity index (χ0) is 27.4. The largest absolute Gasteiger partial charge is 0.489 e. The molecule has 0 fully saturated rings. The number of hydrogen-bond acceptors (Lipinski definition) is 5. The van der Waals surface area contributed by atoms with Crippen molar-refractivity contribution in [2.45, 2.75) is 52.6 Å². The lowest BCUT2D eigenvalue weighted by molar-refractivity contribution is -0.146. The summed E-state index contributed by atoms with van der Waals surface area (Å²) in [5.74, 6) is -0.634. The highest BCUT2D eigenvalue weighted by Gasteiger charge is 2.46.